The van der Waals surface area contributed by atoms with E-state index in [4.69, 9.17) is 0 Å². The number of nitrogens with one attached hydrogen (secondary N) is 1. The number of carbonyl (C=O) groups is 1. The molecule has 1 aromatic carbocycles. The molecule has 1 aromatic rings. The van der Waals surface area contributed by atoms with Crippen molar-refractivity contribution in [2.75, 3.05) is 5.32 Å². The average molecular weight is 354 g/mol. The third-order valence-corrected chi connectivity index (χ3v) is 5.47. The van der Waals surface area contributed by atoms with Crippen molar-refractivity contribution in [2.24, 2.45) is 17.3 Å². The molecular weight excluding hydrogens is 333 g/mol. The number of amides is 1. The molecule has 0 aromatic heterocycles. The number of halogens is 2. The molecular formula is C17H21BrFNO. The fourth-order valence-corrected chi connectivity index (χ4v) is 5.00. The van der Waals surface area contributed by atoms with Crippen molar-refractivity contribution in [3.05, 3.63) is 28.0 Å². The number of fused-ring (bicyclic) bond motifs is 1. The van der Waals surface area contributed by atoms with E-state index in [0.717, 1.165) is 24.1 Å². The van der Waals surface area contributed by atoms with Crippen molar-refractivity contribution in [3.8, 4) is 0 Å². The van der Waals surface area contributed by atoms with Crippen molar-refractivity contribution in [2.45, 2.75) is 46.0 Å². The Bertz CT molecular complexity index is 599. The van der Waals surface area contributed by atoms with Crippen LogP contribution in [0.25, 0.3) is 0 Å². The normalized spacial score (nSPS) is 30.9. The number of carbonyl (C=O) groups excluding carboxylic acids is 1. The van der Waals surface area contributed by atoms with E-state index in [1.54, 1.807) is 0 Å². The second-order valence-corrected chi connectivity index (χ2v) is 8.35. The molecule has 3 rings (SSSR count). The molecule has 0 radical (unpaired) electrons. The molecule has 1 N–H and O–H groups in total. The Morgan fingerprint density at radius 2 is 2.05 bits per heavy atom. The molecule has 0 bridgehead atoms. The lowest BCUT2D eigenvalue weighted by Crippen LogP contribution is -2.33. The maximum absolute atomic E-state index is 13.8. The number of anilines is 1. The Morgan fingerprint density at radius 3 is 2.71 bits per heavy atom. The molecule has 1 aliphatic heterocycles. The smallest absolute Gasteiger partial charge is 0.232 e. The highest BCUT2D eigenvalue weighted by atomic mass is 79.9. The molecule has 1 aliphatic carbocycles. The summed E-state index contributed by atoms with van der Waals surface area (Å²) in [5.74, 6) is 0.414. The van der Waals surface area contributed by atoms with Crippen LogP contribution in [0.4, 0.5) is 10.1 Å². The van der Waals surface area contributed by atoms with E-state index in [1.807, 2.05) is 0 Å². The van der Waals surface area contributed by atoms with E-state index in [0.29, 0.717) is 16.3 Å². The lowest BCUT2D eigenvalue weighted by molar-refractivity contribution is -0.118. The van der Waals surface area contributed by atoms with Gasteiger partial charge in [0.15, 0.2) is 0 Å². The van der Waals surface area contributed by atoms with Crippen LogP contribution in [-0.2, 0) is 4.79 Å². The summed E-state index contributed by atoms with van der Waals surface area (Å²) in [5.41, 5.74) is 1.82. The number of benzene rings is 1. The first-order valence-corrected chi connectivity index (χ1v) is 8.36. The zero-order valence-corrected chi connectivity index (χ0v) is 14.3. The Kier molecular flexibility index (Phi) is 3.63. The second-order valence-electron chi connectivity index (χ2n) is 7.49. The van der Waals surface area contributed by atoms with Gasteiger partial charge in [0.25, 0.3) is 0 Å². The van der Waals surface area contributed by atoms with E-state index >= 15 is 0 Å². The highest BCUT2D eigenvalue weighted by Crippen LogP contribution is 2.51. The standard InChI is InChI=1S/C17H21BrFNO/c1-9-4-10(8-17(2,3)7-9)14-12-5-11(19)6-13(18)15(12)20-16(14)21/h5-6,9-10,14H,4,7-8H2,1-3H3,(H,20,21). The Balaban J connectivity index is 1.99. The first-order valence-electron chi connectivity index (χ1n) is 7.56. The summed E-state index contributed by atoms with van der Waals surface area (Å²) < 4.78 is 14.4. The van der Waals surface area contributed by atoms with Crippen molar-refractivity contribution in [1.29, 1.82) is 0 Å². The lowest BCUT2D eigenvalue weighted by atomic mass is 9.64. The maximum Gasteiger partial charge on any atom is 0.232 e. The fraction of sp³-hybridized carbons (Fsp3) is 0.588. The quantitative estimate of drug-likeness (QED) is 0.748. The molecule has 1 amide bonds. The van der Waals surface area contributed by atoms with Crippen LogP contribution in [0.1, 0.15) is 51.5 Å². The first kappa shape index (κ1) is 15.0. The fourth-order valence-electron chi connectivity index (χ4n) is 4.45. The van der Waals surface area contributed by atoms with Gasteiger partial charge in [-0.25, -0.2) is 4.39 Å². The van der Waals surface area contributed by atoms with Gasteiger partial charge < -0.3 is 5.32 Å². The van der Waals surface area contributed by atoms with E-state index in [9.17, 15) is 9.18 Å². The average Bonchev–Trinajstić information content (AvgIpc) is 2.63. The molecule has 0 spiro atoms. The van der Waals surface area contributed by atoms with Gasteiger partial charge in [-0.3, -0.25) is 4.79 Å². The minimum absolute atomic E-state index is 0.0196. The van der Waals surface area contributed by atoms with E-state index in [1.165, 1.54) is 18.6 Å². The minimum Gasteiger partial charge on any atom is -0.324 e. The van der Waals surface area contributed by atoms with Crippen molar-refractivity contribution in [1.82, 2.24) is 0 Å². The summed E-state index contributed by atoms with van der Waals surface area (Å²) in [6.45, 7) is 6.79. The van der Waals surface area contributed by atoms with E-state index < -0.39 is 0 Å². The van der Waals surface area contributed by atoms with E-state index in [2.05, 4.69) is 42.0 Å². The Hall–Kier alpha value is -0.900. The van der Waals surface area contributed by atoms with Crippen LogP contribution >= 0.6 is 15.9 Å². The van der Waals surface area contributed by atoms with Crippen LogP contribution in [0.3, 0.4) is 0 Å². The summed E-state index contributed by atoms with van der Waals surface area (Å²) >= 11 is 3.36. The van der Waals surface area contributed by atoms with Crippen molar-refractivity contribution >= 4 is 27.5 Å². The Morgan fingerprint density at radius 1 is 1.33 bits per heavy atom. The van der Waals surface area contributed by atoms with Crippen LogP contribution in [0.5, 0.6) is 0 Å². The van der Waals surface area contributed by atoms with Gasteiger partial charge in [-0.2, -0.15) is 0 Å². The third kappa shape index (κ3) is 2.75. The van der Waals surface area contributed by atoms with Crippen molar-refractivity contribution < 1.29 is 9.18 Å². The molecule has 0 saturated heterocycles. The van der Waals surface area contributed by atoms with E-state index in [-0.39, 0.29) is 23.1 Å². The number of hydrogen-bond donors (Lipinski definition) is 1. The SMILES string of the molecule is CC1CC(C2C(=O)Nc3c(Br)cc(F)cc32)CC(C)(C)C1. The summed E-state index contributed by atoms with van der Waals surface area (Å²) in [5, 5.41) is 2.93. The highest BCUT2D eigenvalue weighted by Gasteiger charge is 2.43. The molecule has 114 valence electrons. The summed E-state index contributed by atoms with van der Waals surface area (Å²) in [6.07, 6.45) is 3.25. The monoisotopic (exact) mass is 353 g/mol. The van der Waals surface area contributed by atoms with Gasteiger partial charge >= 0.3 is 0 Å². The molecule has 1 fully saturated rings. The second kappa shape index (κ2) is 5.08. The molecule has 3 unspecified atom stereocenters. The van der Waals surface area contributed by atoms with Crippen LogP contribution in [0.2, 0.25) is 0 Å². The van der Waals surface area contributed by atoms with Gasteiger partial charge in [-0.05, 0) is 70.1 Å². The van der Waals surface area contributed by atoms with Crippen LogP contribution < -0.4 is 5.32 Å². The third-order valence-electron chi connectivity index (χ3n) is 4.84. The number of hydrogen-bond acceptors (Lipinski definition) is 1. The molecule has 2 aliphatic rings. The van der Waals surface area contributed by atoms with Gasteiger partial charge in [0.05, 0.1) is 11.6 Å². The van der Waals surface area contributed by atoms with Crippen LogP contribution in [-0.4, -0.2) is 5.91 Å². The predicted molar refractivity (Wildman–Crippen MR) is 85.8 cm³/mol. The van der Waals surface area contributed by atoms with Gasteiger partial charge in [0.2, 0.25) is 5.91 Å². The highest BCUT2D eigenvalue weighted by molar-refractivity contribution is 9.10. The summed E-state index contributed by atoms with van der Waals surface area (Å²) in [4.78, 5) is 12.5. The van der Waals surface area contributed by atoms with Crippen LogP contribution in [0.15, 0.2) is 16.6 Å². The molecule has 1 heterocycles. The molecule has 21 heavy (non-hydrogen) atoms. The number of rotatable bonds is 1. The predicted octanol–water partition coefficient (Wildman–Crippen LogP) is 5.09. The molecule has 1 saturated carbocycles. The summed E-state index contributed by atoms with van der Waals surface area (Å²) in [6, 6.07) is 2.93. The largest absolute Gasteiger partial charge is 0.324 e. The summed E-state index contributed by atoms with van der Waals surface area (Å²) in [7, 11) is 0. The topological polar surface area (TPSA) is 29.1 Å². The van der Waals surface area contributed by atoms with Gasteiger partial charge in [-0.1, -0.05) is 20.8 Å². The minimum atomic E-state index is -0.287. The maximum atomic E-state index is 13.8. The van der Waals surface area contributed by atoms with Crippen LogP contribution in [0, 0.1) is 23.1 Å². The Labute approximate surface area is 133 Å². The zero-order valence-electron chi connectivity index (χ0n) is 12.7. The lowest BCUT2D eigenvalue weighted by Gasteiger charge is -2.41. The molecule has 3 atom stereocenters. The molecule has 4 heteroatoms. The first-order chi connectivity index (χ1) is 9.77. The van der Waals surface area contributed by atoms with Gasteiger partial charge in [0.1, 0.15) is 5.82 Å². The zero-order chi connectivity index (χ0) is 15.4. The van der Waals surface area contributed by atoms with Gasteiger partial charge in [-0.15, -0.1) is 0 Å². The van der Waals surface area contributed by atoms with Crippen molar-refractivity contribution in [3.63, 3.8) is 0 Å². The van der Waals surface area contributed by atoms with Gasteiger partial charge in [0, 0.05) is 4.47 Å². The molecule has 2 nitrogen and oxygen atoms in total.